The largest absolute Gasteiger partial charge is 0.497 e. The molecule has 4 nitrogen and oxygen atoms in total. The predicted octanol–water partition coefficient (Wildman–Crippen LogP) is 4.60. The van der Waals surface area contributed by atoms with E-state index in [4.69, 9.17) is 9.47 Å². The van der Waals surface area contributed by atoms with E-state index in [-0.39, 0.29) is 0 Å². The van der Waals surface area contributed by atoms with Crippen molar-refractivity contribution in [2.75, 3.05) is 54.0 Å². The Balaban J connectivity index is 1.61. The molecular weight excluding hydrogens is 372 g/mol. The van der Waals surface area contributed by atoms with E-state index in [1.54, 1.807) is 14.2 Å². The van der Waals surface area contributed by atoms with Gasteiger partial charge >= 0.3 is 0 Å². The topological polar surface area (TPSA) is 24.9 Å². The van der Waals surface area contributed by atoms with Crippen LogP contribution in [0.1, 0.15) is 24.0 Å². The number of hydrogen-bond donors (Lipinski definition) is 0. The van der Waals surface area contributed by atoms with Crippen LogP contribution in [-0.2, 0) is 6.42 Å². The molecule has 0 unspecified atom stereocenters. The molecule has 1 saturated heterocycles. The van der Waals surface area contributed by atoms with Crippen LogP contribution in [0.4, 0.5) is 0 Å². The second-order valence-electron chi connectivity index (χ2n) is 8.25. The maximum Gasteiger partial charge on any atom is 0.126 e. The van der Waals surface area contributed by atoms with Crippen molar-refractivity contribution in [3.63, 3.8) is 0 Å². The zero-order chi connectivity index (χ0) is 21.2. The van der Waals surface area contributed by atoms with Gasteiger partial charge in [-0.15, -0.1) is 0 Å². The molecule has 2 aromatic carbocycles. The molecule has 0 N–H and O–H groups in total. The normalized spacial score (nSPS) is 15.7. The summed E-state index contributed by atoms with van der Waals surface area (Å²) in [6.45, 7) is 5.62. The third-order valence-electron chi connectivity index (χ3n) is 6.03. The smallest absolute Gasteiger partial charge is 0.126 e. The van der Waals surface area contributed by atoms with E-state index >= 15 is 0 Å². The summed E-state index contributed by atoms with van der Waals surface area (Å²) in [7, 11) is 5.67. The molecular formula is C26H36N2O2. The monoisotopic (exact) mass is 408 g/mol. The van der Waals surface area contributed by atoms with E-state index in [0.29, 0.717) is 0 Å². The first-order chi connectivity index (χ1) is 14.7. The number of nitrogens with zero attached hydrogens (tertiary/aromatic N) is 2. The van der Waals surface area contributed by atoms with E-state index in [0.717, 1.165) is 42.5 Å². The number of para-hydroxylation sites is 1. The highest BCUT2D eigenvalue weighted by Crippen LogP contribution is 2.20. The average Bonchev–Trinajstić information content (AvgIpc) is 2.79. The number of hydrogen-bond acceptors (Lipinski definition) is 4. The number of piperidine rings is 1. The van der Waals surface area contributed by atoms with Crippen molar-refractivity contribution in [3.05, 3.63) is 65.7 Å². The van der Waals surface area contributed by atoms with Crippen molar-refractivity contribution >= 4 is 6.08 Å². The van der Waals surface area contributed by atoms with Gasteiger partial charge in [-0.1, -0.05) is 42.5 Å². The summed E-state index contributed by atoms with van der Waals surface area (Å²) in [6, 6.07) is 16.7. The van der Waals surface area contributed by atoms with Gasteiger partial charge in [0.15, 0.2) is 0 Å². The van der Waals surface area contributed by atoms with Gasteiger partial charge in [0.05, 0.1) is 14.2 Å². The minimum atomic E-state index is 0.789. The first kappa shape index (κ1) is 22.4. The van der Waals surface area contributed by atoms with Crippen LogP contribution in [0.25, 0.3) is 6.08 Å². The fourth-order valence-electron chi connectivity index (χ4n) is 4.08. The zero-order valence-corrected chi connectivity index (χ0v) is 18.7. The van der Waals surface area contributed by atoms with Gasteiger partial charge in [-0.25, -0.2) is 0 Å². The summed E-state index contributed by atoms with van der Waals surface area (Å²) < 4.78 is 10.8. The summed E-state index contributed by atoms with van der Waals surface area (Å²) >= 11 is 0. The van der Waals surface area contributed by atoms with Crippen LogP contribution in [0.15, 0.2) is 54.6 Å². The van der Waals surface area contributed by atoms with E-state index in [1.807, 2.05) is 12.1 Å². The number of ether oxygens (including phenoxy) is 2. The molecule has 162 valence electrons. The Morgan fingerprint density at radius 1 is 1.00 bits per heavy atom. The Labute approximate surface area is 182 Å². The maximum absolute atomic E-state index is 5.48. The average molecular weight is 409 g/mol. The SMILES string of the molecule is COc1ccc(CCN(C/C=C/c2ccccc2OC)CC2CCN(C)CC2)cc1. The fourth-order valence-corrected chi connectivity index (χ4v) is 4.08. The first-order valence-electron chi connectivity index (χ1n) is 11.0. The summed E-state index contributed by atoms with van der Waals surface area (Å²) in [4.78, 5) is 5.05. The lowest BCUT2D eigenvalue weighted by Crippen LogP contribution is -2.38. The molecule has 4 heteroatoms. The van der Waals surface area contributed by atoms with Gasteiger partial charge in [0.25, 0.3) is 0 Å². The molecule has 1 fully saturated rings. The van der Waals surface area contributed by atoms with E-state index in [1.165, 1.54) is 38.0 Å². The Morgan fingerprint density at radius 3 is 2.43 bits per heavy atom. The number of benzene rings is 2. The summed E-state index contributed by atoms with van der Waals surface area (Å²) in [5.74, 6) is 2.63. The third kappa shape index (κ3) is 6.89. The molecule has 0 aliphatic carbocycles. The van der Waals surface area contributed by atoms with Gasteiger partial charge in [0.1, 0.15) is 11.5 Å². The number of methoxy groups -OCH3 is 2. The van der Waals surface area contributed by atoms with Crippen molar-refractivity contribution in [3.8, 4) is 11.5 Å². The van der Waals surface area contributed by atoms with Crippen molar-refractivity contribution < 1.29 is 9.47 Å². The first-order valence-corrected chi connectivity index (χ1v) is 11.0. The highest BCUT2D eigenvalue weighted by atomic mass is 16.5. The van der Waals surface area contributed by atoms with E-state index in [9.17, 15) is 0 Å². The summed E-state index contributed by atoms with van der Waals surface area (Å²) in [5, 5.41) is 0. The molecule has 0 saturated carbocycles. The molecule has 0 radical (unpaired) electrons. The molecule has 0 aromatic heterocycles. The van der Waals surface area contributed by atoms with Gasteiger partial charge in [0.2, 0.25) is 0 Å². The lowest BCUT2D eigenvalue weighted by Gasteiger charge is -2.33. The second kappa shape index (κ2) is 11.8. The van der Waals surface area contributed by atoms with Crippen molar-refractivity contribution in [1.29, 1.82) is 0 Å². The lowest BCUT2D eigenvalue weighted by molar-refractivity contribution is 0.169. The Bertz CT molecular complexity index is 780. The van der Waals surface area contributed by atoms with Crippen LogP contribution in [0, 0.1) is 5.92 Å². The van der Waals surface area contributed by atoms with Gasteiger partial charge in [-0.3, -0.25) is 4.90 Å². The number of rotatable bonds is 10. The van der Waals surface area contributed by atoms with Crippen LogP contribution in [0.2, 0.25) is 0 Å². The van der Waals surface area contributed by atoms with Gasteiger partial charge in [-0.05, 0) is 69.1 Å². The Hall–Kier alpha value is -2.30. The van der Waals surface area contributed by atoms with Crippen LogP contribution in [0.3, 0.4) is 0 Å². The van der Waals surface area contributed by atoms with Gasteiger partial charge in [0, 0.05) is 25.2 Å². The predicted molar refractivity (Wildman–Crippen MR) is 125 cm³/mol. The minimum Gasteiger partial charge on any atom is -0.497 e. The third-order valence-corrected chi connectivity index (χ3v) is 6.03. The second-order valence-corrected chi connectivity index (χ2v) is 8.25. The van der Waals surface area contributed by atoms with Crippen LogP contribution < -0.4 is 9.47 Å². The van der Waals surface area contributed by atoms with Gasteiger partial charge < -0.3 is 14.4 Å². The fraction of sp³-hybridized carbons (Fsp3) is 0.462. The van der Waals surface area contributed by atoms with Crippen molar-refractivity contribution in [1.82, 2.24) is 9.80 Å². The van der Waals surface area contributed by atoms with Crippen LogP contribution in [-0.4, -0.2) is 63.8 Å². The van der Waals surface area contributed by atoms with E-state index in [2.05, 4.69) is 65.4 Å². The quantitative estimate of drug-likeness (QED) is 0.573. The molecule has 0 atom stereocenters. The zero-order valence-electron chi connectivity index (χ0n) is 18.7. The molecule has 1 heterocycles. The standard InChI is InChI=1S/C26H36N2O2/c1-27-18-14-23(15-19-27)21-28(20-16-22-10-12-25(29-2)13-11-22)17-6-8-24-7-4-5-9-26(24)30-3/h4-13,23H,14-21H2,1-3H3/b8-6+. The molecule has 1 aliphatic heterocycles. The highest BCUT2D eigenvalue weighted by Gasteiger charge is 2.19. The Kier molecular flexibility index (Phi) is 8.79. The highest BCUT2D eigenvalue weighted by molar-refractivity contribution is 5.57. The molecule has 3 rings (SSSR count). The summed E-state index contributed by atoms with van der Waals surface area (Å²) in [6.07, 6.45) is 8.12. The van der Waals surface area contributed by atoms with Crippen LogP contribution in [0.5, 0.6) is 11.5 Å². The molecule has 0 spiro atoms. The molecule has 0 bridgehead atoms. The van der Waals surface area contributed by atoms with Gasteiger partial charge in [-0.2, -0.15) is 0 Å². The molecule has 2 aromatic rings. The molecule has 0 amide bonds. The minimum absolute atomic E-state index is 0.789. The lowest BCUT2D eigenvalue weighted by atomic mass is 9.96. The molecule has 30 heavy (non-hydrogen) atoms. The van der Waals surface area contributed by atoms with Crippen molar-refractivity contribution in [2.24, 2.45) is 5.92 Å². The van der Waals surface area contributed by atoms with Crippen LogP contribution >= 0.6 is 0 Å². The maximum atomic E-state index is 5.48. The Morgan fingerprint density at radius 2 is 1.73 bits per heavy atom. The summed E-state index contributed by atoms with van der Waals surface area (Å²) in [5.41, 5.74) is 2.49. The number of likely N-dealkylation sites (tertiary alicyclic amines) is 1. The van der Waals surface area contributed by atoms with Crippen molar-refractivity contribution in [2.45, 2.75) is 19.3 Å². The molecule has 1 aliphatic rings. The van der Waals surface area contributed by atoms with E-state index < -0.39 is 0 Å².